The van der Waals surface area contributed by atoms with Crippen molar-refractivity contribution in [3.05, 3.63) is 98.9 Å². The van der Waals surface area contributed by atoms with Crippen molar-refractivity contribution in [1.29, 1.82) is 0 Å². The summed E-state index contributed by atoms with van der Waals surface area (Å²) >= 11 is 9.29. The maximum Gasteiger partial charge on any atom is 0.272 e. The fourth-order valence-electron chi connectivity index (χ4n) is 3.42. The summed E-state index contributed by atoms with van der Waals surface area (Å²) in [5, 5.41) is 2.32. The van der Waals surface area contributed by atoms with Crippen LogP contribution in [0.1, 0.15) is 16.7 Å². The molecule has 3 aromatic heterocycles. The average Bonchev–Trinajstić information content (AvgIpc) is 3.16. The molecule has 0 bridgehead atoms. The maximum absolute atomic E-state index is 13.5. The topological polar surface area (TPSA) is 47.8 Å². The van der Waals surface area contributed by atoms with Crippen LogP contribution in [0, 0.1) is 6.92 Å². The monoisotopic (exact) mass is 463 g/mol. The summed E-state index contributed by atoms with van der Waals surface area (Å²) < 4.78 is 2.41. The highest BCUT2D eigenvalue weighted by atomic mass is 35.5. The van der Waals surface area contributed by atoms with Crippen molar-refractivity contribution in [2.75, 3.05) is 0 Å². The minimum absolute atomic E-state index is 0.0322. The number of hydrogen-bond acceptors (Lipinski definition) is 5. The van der Waals surface area contributed by atoms with Crippen molar-refractivity contribution in [3.63, 3.8) is 0 Å². The highest BCUT2D eigenvalue weighted by Crippen LogP contribution is 2.32. The lowest BCUT2D eigenvalue weighted by Crippen LogP contribution is -2.23. The number of rotatable bonds is 5. The first-order valence-corrected chi connectivity index (χ1v) is 12.0. The van der Waals surface area contributed by atoms with Gasteiger partial charge in [-0.05, 0) is 36.2 Å². The predicted octanol–water partition coefficient (Wildman–Crippen LogP) is 6.31. The summed E-state index contributed by atoms with van der Waals surface area (Å²) in [6.45, 7) is 2.52. The van der Waals surface area contributed by atoms with Gasteiger partial charge in [-0.15, -0.1) is 11.3 Å². The van der Waals surface area contributed by atoms with E-state index in [0.717, 1.165) is 26.9 Å². The second-order valence-electron chi connectivity index (χ2n) is 7.29. The molecule has 4 nitrogen and oxygen atoms in total. The third kappa shape index (κ3) is 3.99. The first kappa shape index (κ1) is 20.2. The smallest absolute Gasteiger partial charge is 0.272 e. The Morgan fingerprint density at radius 2 is 1.87 bits per heavy atom. The van der Waals surface area contributed by atoms with Crippen molar-refractivity contribution < 1.29 is 0 Å². The lowest BCUT2D eigenvalue weighted by atomic mass is 10.1. The van der Waals surface area contributed by atoms with Crippen LogP contribution in [-0.4, -0.2) is 14.5 Å². The molecule has 0 N–H and O–H groups in total. The first-order valence-electron chi connectivity index (χ1n) is 9.80. The van der Waals surface area contributed by atoms with E-state index in [4.69, 9.17) is 16.6 Å². The van der Waals surface area contributed by atoms with Gasteiger partial charge in [0.2, 0.25) is 0 Å². The quantitative estimate of drug-likeness (QED) is 0.226. The minimum Gasteiger partial charge on any atom is -0.282 e. The Kier molecular flexibility index (Phi) is 5.52. The summed E-state index contributed by atoms with van der Waals surface area (Å²) in [6.07, 6.45) is 1.75. The summed E-state index contributed by atoms with van der Waals surface area (Å²) in [7, 11) is 0. The molecule has 0 unspecified atom stereocenters. The number of thioether (sulfide) groups is 1. The Hall–Kier alpha value is -2.67. The Morgan fingerprint density at radius 1 is 1.06 bits per heavy atom. The van der Waals surface area contributed by atoms with E-state index in [1.54, 1.807) is 10.8 Å². The van der Waals surface area contributed by atoms with E-state index in [1.807, 2.05) is 36.4 Å². The molecule has 3 heterocycles. The van der Waals surface area contributed by atoms with E-state index in [1.165, 1.54) is 28.7 Å². The molecule has 0 amide bonds. The molecule has 2 aromatic carbocycles. The van der Waals surface area contributed by atoms with Gasteiger partial charge in [0.1, 0.15) is 9.53 Å². The predicted molar refractivity (Wildman–Crippen MR) is 130 cm³/mol. The van der Waals surface area contributed by atoms with Crippen LogP contribution in [-0.2, 0) is 12.3 Å². The maximum atomic E-state index is 13.5. The van der Waals surface area contributed by atoms with E-state index in [0.29, 0.717) is 27.2 Å². The second-order valence-corrected chi connectivity index (χ2v) is 9.64. The van der Waals surface area contributed by atoms with E-state index >= 15 is 0 Å². The van der Waals surface area contributed by atoms with E-state index < -0.39 is 0 Å². The van der Waals surface area contributed by atoms with Gasteiger partial charge < -0.3 is 0 Å². The van der Waals surface area contributed by atoms with Gasteiger partial charge in [0.15, 0.2) is 5.16 Å². The Morgan fingerprint density at radius 3 is 2.68 bits per heavy atom. The van der Waals surface area contributed by atoms with Crippen LogP contribution in [0.4, 0.5) is 0 Å². The van der Waals surface area contributed by atoms with E-state index in [2.05, 4.69) is 36.2 Å². The molecule has 154 valence electrons. The van der Waals surface area contributed by atoms with E-state index in [9.17, 15) is 4.79 Å². The number of aromatic nitrogens is 3. The summed E-state index contributed by atoms with van der Waals surface area (Å²) in [5.74, 6) is 0.631. The molecule has 0 saturated carbocycles. The number of halogens is 1. The zero-order valence-electron chi connectivity index (χ0n) is 16.7. The zero-order chi connectivity index (χ0) is 21.4. The zero-order valence-corrected chi connectivity index (χ0v) is 19.1. The second kappa shape index (κ2) is 8.46. The van der Waals surface area contributed by atoms with Crippen LogP contribution in [0.15, 0.2) is 76.8 Å². The molecular formula is C24H18ClN3OS2. The van der Waals surface area contributed by atoms with Crippen LogP contribution >= 0.6 is 34.7 Å². The van der Waals surface area contributed by atoms with Gasteiger partial charge in [-0.25, -0.2) is 9.97 Å². The Bertz CT molecular complexity index is 1460. The normalized spacial score (nSPS) is 11.4. The largest absolute Gasteiger partial charge is 0.282 e. The minimum atomic E-state index is -0.0322. The van der Waals surface area contributed by atoms with Crippen LogP contribution in [0.3, 0.4) is 0 Å². The van der Waals surface area contributed by atoms with Gasteiger partial charge >= 0.3 is 0 Å². The fourth-order valence-corrected chi connectivity index (χ4v) is 5.73. The Balaban J connectivity index is 1.64. The highest BCUT2D eigenvalue weighted by Gasteiger charge is 2.17. The van der Waals surface area contributed by atoms with Crippen molar-refractivity contribution >= 4 is 55.1 Å². The molecule has 0 radical (unpaired) electrons. The fraction of sp³-hybridized carbons (Fsp3) is 0.125. The van der Waals surface area contributed by atoms with Crippen molar-refractivity contribution in [3.8, 4) is 0 Å². The van der Waals surface area contributed by atoms with Gasteiger partial charge in [0, 0.05) is 22.4 Å². The average molecular weight is 464 g/mol. The number of benzene rings is 2. The van der Waals surface area contributed by atoms with Crippen molar-refractivity contribution in [2.45, 2.75) is 24.4 Å². The summed E-state index contributed by atoms with van der Waals surface area (Å²) in [6, 6.07) is 19.9. The molecule has 5 aromatic rings. The van der Waals surface area contributed by atoms with Crippen LogP contribution in [0.25, 0.3) is 20.4 Å². The number of fused-ring (bicyclic) bond motifs is 3. The third-order valence-electron chi connectivity index (χ3n) is 5.09. The van der Waals surface area contributed by atoms with Crippen LogP contribution in [0.5, 0.6) is 0 Å². The molecule has 0 aliphatic heterocycles. The number of hydrogen-bond donors (Lipinski definition) is 0. The molecule has 31 heavy (non-hydrogen) atoms. The van der Waals surface area contributed by atoms with Gasteiger partial charge in [0.05, 0.1) is 12.1 Å². The van der Waals surface area contributed by atoms with Gasteiger partial charge in [-0.1, -0.05) is 71.4 Å². The number of thiophene rings is 1. The van der Waals surface area contributed by atoms with Gasteiger partial charge in [-0.2, -0.15) is 0 Å². The lowest BCUT2D eigenvalue weighted by molar-refractivity contribution is 0.659. The van der Waals surface area contributed by atoms with E-state index in [-0.39, 0.29) is 5.56 Å². The molecule has 7 heteroatoms. The molecule has 0 spiro atoms. The summed E-state index contributed by atoms with van der Waals surface area (Å²) in [5.41, 5.74) is 3.96. The molecule has 0 atom stereocenters. The molecule has 5 rings (SSSR count). The molecule has 0 fully saturated rings. The Labute approximate surface area is 192 Å². The number of pyridine rings is 1. The highest BCUT2D eigenvalue weighted by molar-refractivity contribution is 7.98. The molecule has 0 aliphatic rings. The SMILES string of the molecule is Cc1ccc(Cn2c(SCc3ccccc3Cl)nc3c(sc4ncccc43)c2=O)cc1. The van der Waals surface area contributed by atoms with Crippen molar-refractivity contribution in [1.82, 2.24) is 14.5 Å². The molecule has 0 aliphatic carbocycles. The van der Waals surface area contributed by atoms with Crippen LogP contribution < -0.4 is 5.56 Å². The van der Waals surface area contributed by atoms with Gasteiger partial charge in [-0.3, -0.25) is 9.36 Å². The summed E-state index contributed by atoms with van der Waals surface area (Å²) in [4.78, 5) is 23.7. The van der Waals surface area contributed by atoms with Crippen LogP contribution in [0.2, 0.25) is 5.02 Å². The standard InChI is InChI=1S/C24H18ClN3OS2/c1-15-8-10-16(11-9-15)13-28-23(29)21-20(18-6-4-12-26-22(18)31-21)27-24(28)30-14-17-5-2-3-7-19(17)25/h2-12H,13-14H2,1H3. The van der Waals surface area contributed by atoms with Gasteiger partial charge in [0.25, 0.3) is 5.56 Å². The first-order chi connectivity index (χ1) is 15.1. The number of nitrogens with zero attached hydrogens (tertiary/aromatic N) is 3. The molecule has 0 saturated heterocycles. The molecular weight excluding hydrogens is 446 g/mol. The van der Waals surface area contributed by atoms with Crippen molar-refractivity contribution in [2.24, 2.45) is 0 Å². The lowest BCUT2D eigenvalue weighted by Gasteiger charge is -2.13. The number of aryl methyl sites for hydroxylation is 1. The third-order valence-corrected chi connectivity index (χ3v) is 7.58.